The van der Waals surface area contributed by atoms with E-state index in [9.17, 15) is 14.9 Å². The highest BCUT2D eigenvalue weighted by molar-refractivity contribution is 5.95. The highest BCUT2D eigenvalue weighted by atomic mass is 16.6. The van der Waals surface area contributed by atoms with Crippen molar-refractivity contribution in [3.8, 4) is 11.5 Å². The molecule has 30 heavy (non-hydrogen) atoms. The minimum Gasteiger partial charge on any atom is -0.487 e. The minimum absolute atomic E-state index is 0.0900. The summed E-state index contributed by atoms with van der Waals surface area (Å²) in [7, 11) is 0. The average molecular weight is 415 g/mol. The van der Waals surface area contributed by atoms with E-state index in [1.165, 1.54) is 30.5 Å². The van der Waals surface area contributed by atoms with Crippen molar-refractivity contribution >= 4 is 17.8 Å². The predicted octanol–water partition coefficient (Wildman–Crippen LogP) is 2.16. The van der Waals surface area contributed by atoms with Gasteiger partial charge in [-0.25, -0.2) is 5.43 Å². The van der Waals surface area contributed by atoms with Crippen LogP contribution in [0.2, 0.25) is 0 Å². The van der Waals surface area contributed by atoms with Crippen molar-refractivity contribution in [3.63, 3.8) is 0 Å². The fourth-order valence-electron chi connectivity index (χ4n) is 2.54. The number of carbonyl (C=O) groups is 1. The summed E-state index contributed by atoms with van der Waals surface area (Å²) in [4.78, 5) is 22.2. The van der Waals surface area contributed by atoms with Crippen LogP contribution >= 0.6 is 0 Å². The molecule has 2 aromatic carbocycles. The minimum atomic E-state index is -0.530. The SMILES string of the molecule is O=C(NN=Cc1ccc2c(c1)OCCOCCOCCO2)c1ccc([N+](=O)[O-])cc1. The Morgan fingerprint density at radius 1 is 0.933 bits per heavy atom. The van der Waals surface area contributed by atoms with Gasteiger partial charge in [0.25, 0.3) is 11.6 Å². The van der Waals surface area contributed by atoms with Gasteiger partial charge < -0.3 is 18.9 Å². The highest BCUT2D eigenvalue weighted by Crippen LogP contribution is 2.28. The van der Waals surface area contributed by atoms with E-state index in [-0.39, 0.29) is 11.3 Å². The van der Waals surface area contributed by atoms with E-state index < -0.39 is 10.8 Å². The Balaban J connectivity index is 1.62. The first kappa shape index (κ1) is 21.2. The Hall–Kier alpha value is -3.50. The zero-order valence-corrected chi connectivity index (χ0v) is 16.1. The molecule has 3 rings (SSSR count). The van der Waals surface area contributed by atoms with Crippen LogP contribution in [0, 0.1) is 10.1 Å². The molecule has 0 spiro atoms. The van der Waals surface area contributed by atoms with Crippen LogP contribution in [0.25, 0.3) is 0 Å². The van der Waals surface area contributed by atoms with E-state index in [0.717, 1.165) is 0 Å². The first-order valence-corrected chi connectivity index (χ1v) is 9.26. The van der Waals surface area contributed by atoms with E-state index in [1.807, 2.05) is 0 Å². The molecule has 1 aliphatic heterocycles. The predicted molar refractivity (Wildman–Crippen MR) is 107 cm³/mol. The second kappa shape index (κ2) is 10.9. The second-order valence-electron chi connectivity index (χ2n) is 6.13. The third kappa shape index (κ3) is 6.26. The van der Waals surface area contributed by atoms with E-state index in [0.29, 0.717) is 56.7 Å². The first-order valence-electron chi connectivity index (χ1n) is 9.26. The number of rotatable bonds is 4. The molecule has 0 aliphatic carbocycles. The van der Waals surface area contributed by atoms with Crippen LogP contribution in [-0.2, 0) is 9.47 Å². The molecule has 0 atom stereocenters. The standard InChI is InChI=1S/C20H21N3O7/c24-20(16-2-4-17(5-3-16)23(25)26)22-21-14-15-1-6-18-19(13-15)30-12-10-28-8-7-27-9-11-29-18/h1-6,13-14H,7-12H2,(H,22,24). The topological polar surface area (TPSA) is 122 Å². The summed E-state index contributed by atoms with van der Waals surface area (Å²) in [5, 5.41) is 14.6. The molecular formula is C20H21N3O7. The van der Waals surface area contributed by atoms with Crippen LogP contribution in [0.3, 0.4) is 0 Å². The molecule has 1 amide bonds. The van der Waals surface area contributed by atoms with Gasteiger partial charge in [0.1, 0.15) is 13.2 Å². The molecule has 0 fully saturated rings. The van der Waals surface area contributed by atoms with Gasteiger partial charge in [-0.15, -0.1) is 0 Å². The number of benzene rings is 2. The number of hydrazone groups is 1. The van der Waals surface area contributed by atoms with Crippen LogP contribution in [0.4, 0.5) is 5.69 Å². The molecule has 0 unspecified atom stereocenters. The van der Waals surface area contributed by atoms with Gasteiger partial charge in [-0.2, -0.15) is 5.10 Å². The molecule has 0 aromatic heterocycles. The zero-order chi connectivity index (χ0) is 21.2. The summed E-state index contributed by atoms with van der Waals surface area (Å²) in [5.74, 6) is 0.625. The molecule has 1 heterocycles. The third-order valence-electron chi connectivity index (χ3n) is 4.03. The fraction of sp³-hybridized carbons (Fsp3) is 0.300. The summed E-state index contributed by atoms with van der Waals surface area (Å²) in [6.07, 6.45) is 1.46. The first-order chi connectivity index (χ1) is 14.6. The quantitative estimate of drug-likeness (QED) is 0.461. The van der Waals surface area contributed by atoms with Gasteiger partial charge in [0.05, 0.1) is 37.6 Å². The maximum atomic E-state index is 12.1. The molecule has 0 saturated carbocycles. The van der Waals surface area contributed by atoms with Gasteiger partial charge in [0, 0.05) is 17.7 Å². The molecule has 1 aliphatic rings. The van der Waals surface area contributed by atoms with Crippen molar-refractivity contribution < 1.29 is 28.7 Å². The van der Waals surface area contributed by atoms with E-state index in [1.54, 1.807) is 18.2 Å². The number of fused-ring (bicyclic) bond motifs is 1. The molecule has 158 valence electrons. The lowest BCUT2D eigenvalue weighted by molar-refractivity contribution is -0.384. The van der Waals surface area contributed by atoms with Gasteiger partial charge in [0.2, 0.25) is 0 Å². The molecule has 0 saturated heterocycles. The maximum Gasteiger partial charge on any atom is 0.271 e. The van der Waals surface area contributed by atoms with Crippen LogP contribution in [-0.4, -0.2) is 56.7 Å². The van der Waals surface area contributed by atoms with E-state index in [4.69, 9.17) is 18.9 Å². The third-order valence-corrected chi connectivity index (χ3v) is 4.03. The van der Waals surface area contributed by atoms with Gasteiger partial charge in [-0.3, -0.25) is 14.9 Å². The molecule has 10 nitrogen and oxygen atoms in total. The van der Waals surface area contributed by atoms with Gasteiger partial charge in [0.15, 0.2) is 11.5 Å². The molecular weight excluding hydrogens is 394 g/mol. The van der Waals surface area contributed by atoms with Gasteiger partial charge >= 0.3 is 0 Å². The number of nitrogens with one attached hydrogen (secondary N) is 1. The van der Waals surface area contributed by atoms with Crippen molar-refractivity contribution in [1.82, 2.24) is 5.43 Å². The number of nitro groups is 1. The van der Waals surface area contributed by atoms with Crippen molar-refractivity contribution in [2.45, 2.75) is 0 Å². The lowest BCUT2D eigenvalue weighted by Crippen LogP contribution is -2.17. The molecule has 0 radical (unpaired) electrons. The summed E-state index contributed by atoms with van der Waals surface area (Å²) in [6, 6.07) is 10.5. The molecule has 10 heteroatoms. The summed E-state index contributed by atoms with van der Waals surface area (Å²) in [6.45, 7) is 2.62. The van der Waals surface area contributed by atoms with Crippen molar-refractivity contribution in [2.24, 2.45) is 5.10 Å². The number of hydrogen-bond donors (Lipinski definition) is 1. The molecule has 0 bridgehead atoms. The van der Waals surface area contributed by atoms with E-state index >= 15 is 0 Å². The number of nitrogens with zero attached hydrogens (tertiary/aromatic N) is 2. The Morgan fingerprint density at radius 2 is 1.57 bits per heavy atom. The lowest BCUT2D eigenvalue weighted by Gasteiger charge is -2.15. The largest absolute Gasteiger partial charge is 0.487 e. The number of amides is 1. The van der Waals surface area contributed by atoms with E-state index in [2.05, 4.69) is 10.5 Å². The molecule has 1 N–H and O–H groups in total. The number of nitro benzene ring substituents is 1. The Kier molecular flexibility index (Phi) is 7.70. The number of non-ortho nitro benzene ring substituents is 1. The highest BCUT2D eigenvalue weighted by Gasteiger charge is 2.10. The van der Waals surface area contributed by atoms with Crippen molar-refractivity contribution in [1.29, 1.82) is 0 Å². The number of carbonyl (C=O) groups excluding carboxylic acids is 1. The molecule has 2 aromatic rings. The summed E-state index contributed by atoms with van der Waals surface area (Å²) >= 11 is 0. The smallest absolute Gasteiger partial charge is 0.271 e. The lowest BCUT2D eigenvalue weighted by atomic mass is 10.2. The Labute approximate surface area is 172 Å². The Morgan fingerprint density at radius 3 is 2.23 bits per heavy atom. The normalized spacial score (nSPS) is 15.1. The van der Waals surface area contributed by atoms with Crippen molar-refractivity contribution in [2.75, 3.05) is 39.6 Å². The van der Waals surface area contributed by atoms with Crippen molar-refractivity contribution in [3.05, 3.63) is 63.7 Å². The second-order valence-corrected chi connectivity index (χ2v) is 6.13. The maximum absolute atomic E-state index is 12.1. The van der Waals surface area contributed by atoms with Crippen LogP contribution < -0.4 is 14.9 Å². The Bertz CT molecular complexity index is 900. The monoisotopic (exact) mass is 415 g/mol. The summed E-state index contributed by atoms with van der Waals surface area (Å²) in [5.41, 5.74) is 3.24. The fourth-order valence-corrected chi connectivity index (χ4v) is 2.54. The van der Waals surface area contributed by atoms with Crippen LogP contribution in [0.15, 0.2) is 47.6 Å². The van der Waals surface area contributed by atoms with Gasteiger partial charge in [-0.1, -0.05) is 0 Å². The van der Waals surface area contributed by atoms with Crippen LogP contribution in [0.1, 0.15) is 15.9 Å². The summed E-state index contributed by atoms with van der Waals surface area (Å²) < 4.78 is 22.2. The van der Waals surface area contributed by atoms with Crippen LogP contribution in [0.5, 0.6) is 11.5 Å². The zero-order valence-electron chi connectivity index (χ0n) is 16.1. The van der Waals surface area contributed by atoms with Gasteiger partial charge in [-0.05, 0) is 35.9 Å². The number of hydrogen-bond acceptors (Lipinski definition) is 8. The average Bonchev–Trinajstić information content (AvgIpc) is 2.74. The number of ether oxygens (including phenoxy) is 4.